The zero-order chi connectivity index (χ0) is 14.0. The summed E-state index contributed by atoms with van der Waals surface area (Å²) in [4.78, 5) is 11.4. The van der Waals surface area contributed by atoms with Crippen molar-refractivity contribution >= 4 is 50.2 Å². The predicted octanol–water partition coefficient (Wildman–Crippen LogP) is 5.25. The third-order valence-electron chi connectivity index (χ3n) is 2.57. The topological polar surface area (TPSA) is 55.2 Å². The van der Waals surface area contributed by atoms with E-state index in [0.717, 1.165) is 9.35 Å². The van der Waals surface area contributed by atoms with Gasteiger partial charge in [0.2, 0.25) is 0 Å². The minimum Gasteiger partial charge on any atom is -0.376 e. The van der Waals surface area contributed by atoms with Gasteiger partial charge >= 0.3 is 0 Å². The van der Waals surface area contributed by atoms with Crippen molar-refractivity contribution < 1.29 is 4.92 Å². The molecule has 0 saturated carbocycles. The summed E-state index contributed by atoms with van der Waals surface area (Å²) in [5.41, 5.74) is 0.577. The molecule has 0 saturated heterocycles. The number of anilines is 1. The lowest BCUT2D eigenvalue weighted by Gasteiger charge is -2.15. The van der Waals surface area contributed by atoms with Gasteiger partial charge in [-0.1, -0.05) is 11.6 Å². The third kappa shape index (κ3) is 3.26. The Bertz CT molecular complexity index is 618. The third-order valence-corrected chi connectivity index (χ3v) is 4.95. The van der Waals surface area contributed by atoms with Gasteiger partial charge in [0, 0.05) is 21.5 Å². The number of nitro groups is 1. The van der Waals surface area contributed by atoms with Crippen LogP contribution in [0.4, 0.5) is 11.4 Å². The van der Waals surface area contributed by atoms with Crippen molar-refractivity contribution in [3.8, 4) is 0 Å². The van der Waals surface area contributed by atoms with Crippen molar-refractivity contribution in [3.63, 3.8) is 0 Å². The molecule has 1 atom stereocenters. The number of benzene rings is 1. The second-order valence-electron chi connectivity index (χ2n) is 3.92. The SMILES string of the molecule is CC(Nc1cc([N+](=O)[O-])ccc1Cl)c1sccc1Br. The van der Waals surface area contributed by atoms with Crippen LogP contribution in [0.25, 0.3) is 0 Å². The molecule has 1 aromatic heterocycles. The van der Waals surface area contributed by atoms with Gasteiger partial charge in [-0.05, 0) is 40.4 Å². The van der Waals surface area contributed by atoms with E-state index in [0.29, 0.717) is 10.7 Å². The number of hydrogen-bond acceptors (Lipinski definition) is 4. The number of nitrogens with one attached hydrogen (secondary N) is 1. The van der Waals surface area contributed by atoms with Crippen LogP contribution in [0.3, 0.4) is 0 Å². The minimum atomic E-state index is -0.437. The molecule has 2 rings (SSSR count). The van der Waals surface area contributed by atoms with Crippen LogP contribution < -0.4 is 5.32 Å². The van der Waals surface area contributed by atoms with Gasteiger partial charge in [0.25, 0.3) is 5.69 Å². The molecule has 19 heavy (non-hydrogen) atoms. The standard InChI is InChI=1S/C12H10BrClN2O2S/c1-7(12-9(13)4-5-19-12)15-11-6-8(16(17)18)2-3-10(11)14/h2-7,15H,1H3. The highest BCUT2D eigenvalue weighted by atomic mass is 79.9. The number of non-ortho nitro benzene ring substituents is 1. The van der Waals surface area contributed by atoms with Crippen LogP contribution in [-0.2, 0) is 0 Å². The van der Waals surface area contributed by atoms with E-state index in [9.17, 15) is 10.1 Å². The normalized spacial score (nSPS) is 12.2. The highest BCUT2D eigenvalue weighted by Gasteiger charge is 2.15. The van der Waals surface area contributed by atoms with E-state index in [1.54, 1.807) is 11.3 Å². The van der Waals surface area contributed by atoms with E-state index >= 15 is 0 Å². The molecule has 0 amide bonds. The highest BCUT2D eigenvalue weighted by molar-refractivity contribution is 9.10. The number of thiophene rings is 1. The Kier molecular flexibility index (Phi) is 4.44. The van der Waals surface area contributed by atoms with Crippen LogP contribution in [0, 0.1) is 10.1 Å². The highest BCUT2D eigenvalue weighted by Crippen LogP contribution is 2.34. The van der Waals surface area contributed by atoms with Gasteiger partial charge in [-0.25, -0.2) is 0 Å². The summed E-state index contributed by atoms with van der Waals surface area (Å²) >= 11 is 11.1. The summed E-state index contributed by atoms with van der Waals surface area (Å²) in [6, 6.07) is 6.33. The quantitative estimate of drug-likeness (QED) is 0.598. The lowest BCUT2D eigenvalue weighted by atomic mass is 10.2. The largest absolute Gasteiger partial charge is 0.376 e. The molecule has 4 nitrogen and oxygen atoms in total. The summed E-state index contributed by atoms with van der Waals surface area (Å²) < 4.78 is 1.01. The van der Waals surface area contributed by atoms with Crippen molar-refractivity contribution in [2.24, 2.45) is 0 Å². The molecule has 2 aromatic rings. The van der Waals surface area contributed by atoms with Crippen LogP contribution in [0.2, 0.25) is 5.02 Å². The molecule has 1 N–H and O–H groups in total. The van der Waals surface area contributed by atoms with Gasteiger partial charge < -0.3 is 5.32 Å². The molecule has 0 bridgehead atoms. The molecule has 100 valence electrons. The number of nitrogens with zero attached hydrogens (tertiary/aromatic N) is 1. The minimum absolute atomic E-state index is 0.00822. The fraction of sp³-hybridized carbons (Fsp3) is 0.167. The van der Waals surface area contributed by atoms with Crippen molar-refractivity contribution in [2.45, 2.75) is 13.0 Å². The van der Waals surface area contributed by atoms with E-state index in [2.05, 4.69) is 21.2 Å². The van der Waals surface area contributed by atoms with E-state index in [1.807, 2.05) is 18.4 Å². The second-order valence-corrected chi connectivity index (χ2v) is 6.13. The Hall–Kier alpha value is -1.11. The summed E-state index contributed by atoms with van der Waals surface area (Å²) in [7, 11) is 0. The van der Waals surface area contributed by atoms with Crippen LogP contribution >= 0.6 is 38.9 Å². The predicted molar refractivity (Wildman–Crippen MR) is 82.2 cm³/mol. The van der Waals surface area contributed by atoms with Gasteiger partial charge in [0.1, 0.15) is 0 Å². The van der Waals surface area contributed by atoms with E-state index in [1.165, 1.54) is 18.2 Å². The number of halogens is 2. The first-order chi connectivity index (χ1) is 8.99. The van der Waals surface area contributed by atoms with Gasteiger partial charge in [0.05, 0.1) is 21.7 Å². The van der Waals surface area contributed by atoms with Crippen LogP contribution in [0.5, 0.6) is 0 Å². The number of nitro benzene ring substituents is 1. The zero-order valence-corrected chi connectivity index (χ0v) is 13.1. The monoisotopic (exact) mass is 360 g/mol. The van der Waals surface area contributed by atoms with E-state index in [-0.39, 0.29) is 11.7 Å². The summed E-state index contributed by atoms with van der Waals surface area (Å²) in [5.74, 6) is 0. The summed E-state index contributed by atoms with van der Waals surface area (Å²) in [5, 5.41) is 16.4. The molecule has 0 spiro atoms. The first-order valence-corrected chi connectivity index (χ1v) is 7.47. The number of hydrogen-bond donors (Lipinski definition) is 1. The molecule has 0 fully saturated rings. The lowest BCUT2D eigenvalue weighted by Crippen LogP contribution is -2.06. The first kappa shape index (κ1) is 14.3. The number of rotatable bonds is 4. The van der Waals surface area contributed by atoms with Crippen LogP contribution in [0.15, 0.2) is 34.1 Å². The van der Waals surface area contributed by atoms with E-state index < -0.39 is 4.92 Å². The molecule has 1 heterocycles. The summed E-state index contributed by atoms with van der Waals surface area (Å²) in [6.07, 6.45) is 0. The Labute approximate surface area is 127 Å². The average molecular weight is 362 g/mol. The van der Waals surface area contributed by atoms with E-state index in [4.69, 9.17) is 11.6 Å². The second kappa shape index (κ2) is 5.90. The first-order valence-electron chi connectivity index (χ1n) is 5.42. The molecule has 0 aliphatic heterocycles. The molecule has 0 aliphatic carbocycles. The fourth-order valence-corrected chi connectivity index (χ4v) is 3.55. The maximum absolute atomic E-state index is 10.8. The molecule has 1 unspecified atom stereocenters. The maximum Gasteiger partial charge on any atom is 0.271 e. The Morgan fingerprint density at radius 1 is 1.47 bits per heavy atom. The Morgan fingerprint density at radius 2 is 2.21 bits per heavy atom. The van der Waals surface area contributed by atoms with Crippen molar-refractivity contribution in [1.29, 1.82) is 0 Å². The molecule has 1 aromatic carbocycles. The lowest BCUT2D eigenvalue weighted by molar-refractivity contribution is -0.384. The zero-order valence-electron chi connectivity index (χ0n) is 9.89. The maximum atomic E-state index is 10.8. The summed E-state index contributed by atoms with van der Waals surface area (Å²) in [6.45, 7) is 1.98. The Balaban J connectivity index is 2.26. The van der Waals surface area contributed by atoms with Gasteiger partial charge in [0.15, 0.2) is 0 Å². The molecule has 0 aliphatic rings. The van der Waals surface area contributed by atoms with Crippen molar-refractivity contribution in [2.75, 3.05) is 5.32 Å². The van der Waals surface area contributed by atoms with Gasteiger partial charge in [-0.15, -0.1) is 11.3 Å². The van der Waals surface area contributed by atoms with Crippen molar-refractivity contribution in [3.05, 3.63) is 54.1 Å². The van der Waals surface area contributed by atoms with Gasteiger partial charge in [-0.3, -0.25) is 10.1 Å². The molecular weight excluding hydrogens is 352 g/mol. The molecule has 7 heteroatoms. The molecular formula is C12H10BrClN2O2S. The Morgan fingerprint density at radius 3 is 2.79 bits per heavy atom. The smallest absolute Gasteiger partial charge is 0.271 e. The van der Waals surface area contributed by atoms with Crippen molar-refractivity contribution in [1.82, 2.24) is 0 Å². The van der Waals surface area contributed by atoms with Gasteiger partial charge in [-0.2, -0.15) is 0 Å². The van der Waals surface area contributed by atoms with Crippen LogP contribution in [0.1, 0.15) is 17.8 Å². The molecule has 0 radical (unpaired) electrons. The van der Waals surface area contributed by atoms with Crippen LogP contribution in [-0.4, -0.2) is 4.92 Å². The fourth-order valence-electron chi connectivity index (χ4n) is 1.65. The average Bonchev–Trinajstić information content (AvgIpc) is 2.78.